The Bertz CT molecular complexity index is 2140. The third-order valence-corrected chi connectivity index (χ3v) is 7.15. The molecule has 0 unspecified atom stereocenters. The smallest absolute Gasteiger partial charge is 0.199 e. The fraction of sp³-hybridized carbons (Fsp3) is 0. The first kappa shape index (κ1) is 22.4. The molecular formula is C35H21N3O2. The average Bonchev–Trinajstić information content (AvgIpc) is 3.63. The number of hydrogen-bond acceptors (Lipinski definition) is 5. The number of fused-ring (bicyclic) bond motifs is 4. The summed E-state index contributed by atoms with van der Waals surface area (Å²) >= 11 is 0. The van der Waals surface area contributed by atoms with E-state index in [-0.39, 0.29) is 0 Å². The Morgan fingerprint density at radius 1 is 0.425 bits per heavy atom. The highest BCUT2D eigenvalue weighted by Crippen LogP contribution is 2.36. The first-order valence-electron chi connectivity index (χ1n) is 13.1. The van der Waals surface area contributed by atoms with Crippen LogP contribution in [0.1, 0.15) is 0 Å². The summed E-state index contributed by atoms with van der Waals surface area (Å²) in [5.41, 5.74) is 6.26. The summed E-state index contributed by atoms with van der Waals surface area (Å²) in [5, 5.41) is 3.07. The van der Waals surface area contributed by atoms with E-state index in [0.29, 0.717) is 23.2 Å². The van der Waals surface area contributed by atoms with Gasteiger partial charge in [-0.1, -0.05) is 97.1 Å². The van der Waals surface area contributed by atoms with Crippen molar-refractivity contribution in [2.24, 2.45) is 0 Å². The molecule has 8 rings (SSSR count). The van der Waals surface area contributed by atoms with Crippen LogP contribution in [-0.2, 0) is 0 Å². The van der Waals surface area contributed by atoms with E-state index in [2.05, 4.69) is 36.4 Å². The van der Waals surface area contributed by atoms with Crippen molar-refractivity contribution in [2.75, 3.05) is 0 Å². The molecule has 0 aliphatic heterocycles. The van der Waals surface area contributed by atoms with Gasteiger partial charge in [-0.05, 0) is 41.5 Å². The van der Waals surface area contributed by atoms with Crippen LogP contribution < -0.4 is 0 Å². The van der Waals surface area contributed by atoms with E-state index >= 15 is 0 Å². The molecule has 5 aromatic carbocycles. The second kappa shape index (κ2) is 9.03. The number of aromatic nitrogens is 3. The molecule has 3 heterocycles. The molecule has 0 aliphatic rings. The van der Waals surface area contributed by atoms with Gasteiger partial charge in [-0.2, -0.15) is 0 Å². The van der Waals surface area contributed by atoms with Crippen LogP contribution in [0.25, 0.3) is 78.4 Å². The summed E-state index contributed by atoms with van der Waals surface area (Å²) in [7, 11) is 0. The van der Waals surface area contributed by atoms with E-state index < -0.39 is 0 Å². The lowest BCUT2D eigenvalue weighted by atomic mass is 10.0. The number of para-hydroxylation sites is 3. The fourth-order valence-corrected chi connectivity index (χ4v) is 5.22. The number of benzene rings is 5. The van der Waals surface area contributed by atoms with Gasteiger partial charge in [-0.25, -0.2) is 15.0 Å². The van der Waals surface area contributed by atoms with Crippen molar-refractivity contribution in [1.82, 2.24) is 15.0 Å². The van der Waals surface area contributed by atoms with Crippen molar-refractivity contribution < 1.29 is 8.83 Å². The van der Waals surface area contributed by atoms with Gasteiger partial charge in [0.1, 0.15) is 16.7 Å². The molecule has 0 saturated heterocycles. The van der Waals surface area contributed by atoms with Gasteiger partial charge >= 0.3 is 0 Å². The number of nitrogens with zero attached hydrogens (tertiary/aromatic N) is 3. The molecule has 5 nitrogen and oxygen atoms in total. The molecule has 0 atom stereocenters. The van der Waals surface area contributed by atoms with Crippen molar-refractivity contribution in [1.29, 1.82) is 0 Å². The van der Waals surface area contributed by atoms with E-state index in [4.69, 9.17) is 23.8 Å². The highest BCUT2D eigenvalue weighted by Gasteiger charge is 2.19. The van der Waals surface area contributed by atoms with Gasteiger partial charge in [-0.15, -0.1) is 0 Å². The van der Waals surface area contributed by atoms with E-state index in [1.54, 1.807) is 0 Å². The van der Waals surface area contributed by atoms with Gasteiger partial charge in [0.2, 0.25) is 0 Å². The Kier molecular flexibility index (Phi) is 5.07. The highest BCUT2D eigenvalue weighted by atomic mass is 16.3. The Morgan fingerprint density at radius 3 is 2.00 bits per heavy atom. The summed E-state index contributed by atoms with van der Waals surface area (Å²) < 4.78 is 12.5. The standard InChI is InChI=1S/C35H21N3O2/c1-2-10-22(11-3-1)23-13-8-14-25(20-23)33-36-34(38-35(37-33)31-21-24-12-4-6-18-29(24)39-31)28-17-9-16-27-26-15-5-7-19-30(26)40-32(27)28/h1-21H. The van der Waals surface area contributed by atoms with Gasteiger partial charge in [0.25, 0.3) is 0 Å². The van der Waals surface area contributed by atoms with Crippen LogP contribution in [0.15, 0.2) is 136 Å². The van der Waals surface area contributed by atoms with E-state index in [0.717, 1.165) is 55.2 Å². The lowest BCUT2D eigenvalue weighted by Crippen LogP contribution is -2.00. The number of rotatable bonds is 4. The number of hydrogen-bond donors (Lipinski definition) is 0. The highest BCUT2D eigenvalue weighted by molar-refractivity contribution is 6.09. The molecule has 0 radical (unpaired) electrons. The van der Waals surface area contributed by atoms with E-state index in [9.17, 15) is 0 Å². The summed E-state index contributed by atoms with van der Waals surface area (Å²) in [4.78, 5) is 14.8. The lowest BCUT2D eigenvalue weighted by molar-refractivity contribution is 0.624. The first-order chi connectivity index (χ1) is 19.8. The SMILES string of the molecule is c1ccc(-c2cccc(-c3nc(-c4cc5ccccc5o4)nc(-c4cccc5c4oc4ccccc45)n3)c2)cc1. The lowest BCUT2D eigenvalue weighted by Gasteiger charge is -2.09. The molecule has 0 fully saturated rings. The predicted molar refractivity (Wildman–Crippen MR) is 159 cm³/mol. The van der Waals surface area contributed by atoms with Crippen molar-refractivity contribution in [3.8, 4) is 45.5 Å². The average molecular weight is 516 g/mol. The van der Waals surface area contributed by atoms with Crippen LogP contribution in [0, 0.1) is 0 Å². The maximum Gasteiger partial charge on any atom is 0.199 e. The van der Waals surface area contributed by atoms with Crippen LogP contribution in [0.5, 0.6) is 0 Å². The summed E-state index contributed by atoms with van der Waals surface area (Å²) in [6.07, 6.45) is 0. The molecule has 8 aromatic rings. The van der Waals surface area contributed by atoms with Gasteiger partial charge in [0.15, 0.2) is 23.2 Å². The minimum Gasteiger partial charge on any atom is -0.455 e. The van der Waals surface area contributed by atoms with Crippen molar-refractivity contribution >= 4 is 32.9 Å². The van der Waals surface area contributed by atoms with Crippen LogP contribution >= 0.6 is 0 Å². The Labute approximate surface area is 229 Å². The summed E-state index contributed by atoms with van der Waals surface area (Å²) in [6, 6.07) is 42.5. The number of furan rings is 2. The topological polar surface area (TPSA) is 65.0 Å². The third kappa shape index (κ3) is 3.76. The maximum atomic E-state index is 6.33. The minimum atomic E-state index is 0.467. The largest absolute Gasteiger partial charge is 0.455 e. The van der Waals surface area contributed by atoms with Crippen LogP contribution in [0.4, 0.5) is 0 Å². The molecule has 0 amide bonds. The van der Waals surface area contributed by atoms with Crippen LogP contribution in [0.2, 0.25) is 0 Å². The fourth-order valence-electron chi connectivity index (χ4n) is 5.22. The van der Waals surface area contributed by atoms with Gasteiger partial charge in [0.05, 0.1) is 5.56 Å². The van der Waals surface area contributed by atoms with E-state index in [1.807, 2.05) is 91.0 Å². The molecule has 0 aliphatic carbocycles. The predicted octanol–water partition coefficient (Wildman–Crippen LogP) is 9.19. The Morgan fingerprint density at radius 2 is 1.10 bits per heavy atom. The minimum absolute atomic E-state index is 0.467. The second-order valence-corrected chi connectivity index (χ2v) is 9.68. The summed E-state index contributed by atoms with van der Waals surface area (Å²) in [5.74, 6) is 2.14. The molecule has 0 saturated carbocycles. The van der Waals surface area contributed by atoms with Crippen LogP contribution in [0.3, 0.4) is 0 Å². The van der Waals surface area contributed by atoms with Gasteiger partial charge < -0.3 is 8.83 Å². The van der Waals surface area contributed by atoms with E-state index in [1.165, 1.54) is 0 Å². The maximum absolute atomic E-state index is 6.33. The molecule has 40 heavy (non-hydrogen) atoms. The molecule has 0 bridgehead atoms. The quantitative estimate of drug-likeness (QED) is 0.234. The monoisotopic (exact) mass is 515 g/mol. The molecule has 188 valence electrons. The van der Waals surface area contributed by atoms with Crippen molar-refractivity contribution in [2.45, 2.75) is 0 Å². The molecular weight excluding hydrogens is 494 g/mol. The zero-order valence-corrected chi connectivity index (χ0v) is 21.3. The second-order valence-electron chi connectivity index (χ2n) is 9.68. The van der Waals surface area contributed by atoms with Crippen molar-refractivity contribution in [3.63, 3.8) is 0 Å². The summed E-state index contributed by atoms with van der Waals surface area (Å²) in [6.45, 7) is 0. The van der Waals surface area contributed by atoms with Crippen LogP contribution in [-0.4, -0.2) is 15.0 Å². The normalized spacial score (nSPS) is 11.5. The Balaban J connectivity index is 1.36. The zero-order chi connectivity index (χ0) is 26.5. The Hall–Kier alpha value is -5.55. The molecule has 5 heteroatoms. The first-order valence-corrected chi connectivity index (χ1v) is 13.1. The third-order valence-electron chi connectivity index (χ3n) is 7.15. The van der Waals surface area contributed by atoms with Gasteiger partial charge in [-0.3, -0.25) is 0 Å². The van der Waals surface area contributed by atoms with Gasteiger partial charge in [0, 0.05) is 21.7 Å². The zero-order valence-electron chi connectivity index (χ0n) is 21.3. The molecule has 3 aromatic heterocycles. The van der Waals surface area contributed by atoms with Crippen molar-refractivity contribution in [3.05, 3.63) is 127 Å². The molecule has 0 spiro atoms. The molecule has 0 N–H and O–H groups in total.